The quantitative estimate of drug-likeness (QED) is 0.380. The fourth-order valence-corrected chi connectivity index (χ4v) is 4.10. The molecule has 0 spiro atoms. The predicted molar refractivity (Wildman–Crippen MR) is 126 cm³/mol. The van der Waals surface area contributed by atoms with E-state index in [2.05, 4.69) is 62.2 Å². The second-order valence-corrected chi connectivity index (χ2v) is 8.28. The van der Waals surface area contributed by atoms with Gasteiger partial charge >= 0.3 is 0 Å². The zero-order chi connectivity index (χ0) is 19.3. The van der Waals surface area contributed by atoms with E-state index in [1.165, 1.54) is 11.1 Å². The molecule has 2 saturated heterocycles. The largest absolute Gasteiger partial charge is 0.375 e. The summed E-state index contributed by atoms with van der Waals surface area (Å²) in [5.41, 5.74) is 2.68. The minimum atomic E-state index is -0.00767. The van der Waals surface area contributed by atoms with E-state index in [0.717, 1.165) is 58.2 Å². The van der Waals surface area contributed by atoms with Gasteiger partial charge in [0, 0.05) is 31.7 Å². The van der Waals surface area contributed by atoms with Crippen molar-refractivity contribution in [3.63, 3.8) is 0 Å². The zero-order valence-electron chi connectivity index (χ0n) is 17.7. The highest BCUT2D eigenvalue weighted by molar-refractivity contribution is 14.0. The fraction of sp³-hybridized carbons (Fsp3) is 0.682. The molecule has 2 aliphatic rings. The molecule has 2 heterocycles. The normalized spacial score (nSPS) is 23.4. The van der Waals surface area contributed by atoms with Crippen LogP contribution < -0.4 is 5.32 Å². The molecule has 6 heteroatoms. The van der Waals surface area contributed by atoms with Crippen LogP contribution in [0.15, 0.2) is 29.3 Å². The third kappa shape index (κ3) is 5.83. The molecular weight excluding hydrogens is 465 g/mol. The first-order chi connectivity index (χ1) is 13.0. The first-order valence-corrected chi connectivity index (χ1v) is 10.3. The van der Waals surface area contributed by atoms with Crippen molar-refractivity contribution in [1.29, 1.82) is 0 Å². The zero-order valence-corrected chi connectivity index (χ0v) is 20.1. The van der Waals surface area contributed by atoms with Crippen LogP contribution in [0.3, 0.4) is 0 Å². The Bertz CT molecular complexity index is 644. The highest BCUT2D eigenvalue weighted by Gasteiger charge is 2.32. The molecule has 1 aromatic carbocycles. The Kier molecular flexibility index (Phi) is 9.02. The minimum Gasteiger partial charge on any atom is -0.375 e. The van der Waals surface area contributed by atoms with E-state index < -0.39 is 0 Å². The van der Waals surface area contributed by atoms with Gasteiger partial charge in [-0.05, 0) is 37.8 Å². The first kappa shape index (κ1) is 23.4. The summed E-state index contributed by atoms with van der Waals surface area (Å²) >= 11 is 0. The van der Waals surface area contributed by atoms with Crippen molar-refractivity contribution in [3.8, 4) is 0 Å². The second-order valence-electron chi connectivity index (χ2n) is 8.28. The lowest BCUT2D eigenvalue weighted by Crippen LogP contribution is -2.53. The molecular formula is C22H36IN3O2. The highest BCUT2D eigenvalue weighted by atomic mass is 127. The van der Waals surface area contributed by atoms with Gasteiger partial charge < -0.3 is 19.7 Å². The van der Waals surface area contributed by atoms with E-state index in [-0.39, 0.29) is 41.6 Å². The number of nitrogens with one attached hydrogen (secondary N) is 1. The number of halogens is 1. The van der Waals surface area contributed by atoms with Crippen molar-refractivity contribution in [1.82, 2.24) is 10.2 Å². The van der Waals surface area contributed by atoms with Crippen molar-refractivity contribution in [2.75, 3.05) is 39.4 Å². The Labute approximate surface area is 187 Å². The topological polar surface area (TPSA) is 46.1 Å². The van der Waals surface area contributed by atoms with Crippen molar-refractivity contribution in [2.45, 2.75) is 58.2 Å². The summed E-state index contributed by atoms with van der Waals surface area (Å²) in [7, 11) is 0. The van der Waals surface area contributed by atoms with Crippen LogP contribution in [0.25, 0.3) is 0 Å². The maximum Gasteiger partial charge on any atom is 0.194 e. The standard InChI is InChI=1S/C22H35N3O2.HI/c1-5-23-21(24-16-22(3,4)18-10-7-6-9-17(18)2)25-12-14-27-20(15-25)19-11-8-13-26-19;/h6-7,9-10,19-20H,5,8,11-16H2,1-4H3,(H,23,24);1H. The van der Waals surface area contributed by atoms with Crippen LogP contribution in [0.1, 0.15) is 44.7 Å². The number of aliphatic imine (C=N–C) groups is 1. The molecule has 3 rings (SSSR count). The monoisotopic (exact) mass is 501 g/mol. The van der Waals surface area contributed by atoms with Gasteiger partial charge in [-0.2, -0.15) is 0 Å². The van der Waals surface area contributed by atoms with Gasteiger partial charge in [0.15, 0.2) is 5.96 Å². The Morgan fingerprint density at radius 2 is 1.96 bits per heavy atom. The highest BCUT2D eigenvalue weighted by Crippen LogP contribution is 2.27. The summed E-state index contributed by atoms with van der Waals surface area (Å²) in [6.07, 6.45) is 2.63. The molecule has 2 unspecified atom stereocenters. The molecule has 0 bridgehead atoms. The average Bonchev–Trinajstić information content (AvgIpc) is 3.20. The number of hydrogen-bond donors (Lipinski definition) is 1. The lowest BCUT2D eigenvalue weighted by atomic mass is 9.82. The van der Waals surface area contributed by atoms with E-state index >= 15 is 0 Å². The van der Waals surface area contributed by atoms with Crippen LogP contribution in [0.5, 0.6) is 0 Å². The number of guanidine groups is 1. The van der Waals surface area contributed by atoms with E-state index in [1.54, 1.807) is 0 Å². The summed E-state index contributed by atoms with van der Waals surface area (Å²) in [5.74, 6) is 0.991. The third-order valence-electron chi connectivity index (χ3n) is 5.61. The molecule has 1 N–H and O–H groups in total. The summed E-state index contributed by atoms with van der Waals surface area (Å²) in [6.45, 7) is 13.8. The SMILES string of the molecule is CCNC(=NCC(C)(C)c1ccccc1C)N1CCOC(C2CCCO2)C1.I. The molecule has 158 valence electrons. The number of nitrogens with zero attached hydrogens (tertiary/aromatic N) is 2. The van der Waals surface area contributed by atoms with Gasteiger partial charge in [0.05, 0.1) is 19.3 Å². The number of hydrogen-bond acceptors (Lipinski definition) is 3. The fourth-order valence-electron chi connectivity index (χ4n) is 4.10. The van der Waals surface area contributed by atoms with E-state index in [0.29, 0.717) is 0 Å². The number of aryl methyl sites for hydroxylation is 1. The van der Waals surface area contributed by atoms with Crippen LogP contribution in [0, 0.1) is 6.92 Å². The van der Waals surface area contributed by atoms with Crippen molar-refractivity contribution < 1.29 is 9.47 Å². The molecule has 0 aromatic heterocycles. The molecule has 28 heavy (non-hydrogen) atoms. The molecule has 0 saturated carbocycles. The Morgan fingerprint density at radius 3 is 2.64 bits per heavy atom. The number of ether oxygens (including phenoxy) is 2. The summed E-state index contributed by atoms with van der Waals surface area (Å²) in [5, 5.41) is 3.48. The molecule has 2 atom stereocenters. The smallest absolute Gasteiger partial charge is 0.194 e. The van der Waals surface area contributed by atoms with Gasteiger partial charge in [-0.15, -0.1) is 24.0 Å². The van der Waals surface area contributed by atoms with Gasteiger partial charge in [0.25, 0.3) is 0 Å². The van der Waals surface area contributed by atoms with Crippen molar-refractivity contribution >= 4 is 29.9 Å². The molecule has 5 nitrogen and oxygen atoms in total. The third-order valence-corrected chi connectivity index (χ3v) is 5.61. The Morgan fingerprint density at radius 1 is 1.21 bits per heavy atom. The van der Waals surface area contributed by atoms with Crippen LogP contribution in [0.4, 0.5) is 0 Å². The second kappa shape index (κ2) is 10.8. The number of morpholine rings is 1. The van der Waals surface area contributed by atoms with Gasteiger partial charge in [-0.25, -0.2) is 0 Å². The van der Waals surface area contributed by atoms with E-state index in [1.807, 2.05) is 0 Å². The van der Waals surface area contributed by atoms with Gasteiger partial charge in [0.1, 0.15) is 6.10 Å². The van der Waals surface area contributed by atoms with Crippen LogP contribution in [-0.4, -0.2) is 62.5 Å². The molecule has 2 aliphatic heterocycles. The molecule has 0 amide bonds. The van der Waals surface area contributed by atoms with Crippen molar-refractivity contribution in [3.05, 3.63) is 35.4 Å². The molecule has 0 radical (unpaired) electrons. The van der Waals surface area contributed by atoms with Crippen LogP contribution in [0.2, 0.25) is 0 Å². The number of benzene rings is 1. The van der Waals surface area contributed by atoms with Crippen LogP contribution in [-0.2, 0) is 14.9 Å². The Hall–Kier alpha value is -0.860. The van der Waals surface area contributed by atoms with E-state index in [4.69, 9.17) is 14.5 Å². The summed E-state index contributed by atoms with van der Waals surface area (Å²) in [6, 6.07) is 8.62. The van der Waals surface area contributed by atoms with E-state index in [9.17, 15) is 0 Å². The summed E-state index contributed by atoms with van der Waals surface area (Å²) in [4.78, 5) is 7.36. The lowest BCUT2D eigenvalue weighted by Gasteiger charge is -2.37. The predicted octanol–water partition coefficient (Wildman–Crippen LogP) is 3.74. The van der Waals surface area contributed by atoms with Crippen molar-refractivity contribution in [2.24, 2.45) is 4.99 Å². The maximum absolute atomic E-state index is 6.00. The molecule has 0 aliphatic carbocycles. The lowest BCUT2D eigenvalue weighted by molar-refractivity contribution is -0.0817. The Balaban J connectivity index is 0.00000280. The molecule has 1 aromatic rings. The molecule has 2 fully saturated rings. The maximum atomic E-state index is 6.00. The van der Waals surface area contributed by atoms with Gasteiger partial charge in [-0.1, -0.05) is 38.1 Å². The first-order valence-electron chi connectivity index (χ1n) is 10.3. The van der Waals surface area contributed by atoms with Crippen LogP contribution >= 0.6 is 24.0 Å². The minimum absolute atomic E-state index is 0. The van der Waals surface area contributed by atoms with Gasteiger partial charge in [-0.3, -0.25) is 4.99 Å². The van der Waals surface area contributed by atoms with Gasteiger partial charge in [0.2, 0.25) is 0 Å². The summed E-state index contributed by atoms with van der Waals surface area (Å²) < 4.78 is 11.9. The average molecular weight is 501 g/mol. The number of rotatable bonds is 5.